The number of hydrogen-bond acceptors (Lipinski definition) is 3. The summed E-state index contributed by atoms with van der Waals surface area (Å²) in [5, 5.41) is 8.79. The van der Waals surface area contributed by atoms with Crippen LogP contribution in [0.5, 0.6) is 0 Å². The normalized spacial score (nSPS) is 15.1. The summed E-state index contributed by atoms with van der Waals surface area (Å²) in [6, 6.07) is 0. The topological polar surface area (TPSA) is 78.1 Å². The number of nitrogens with zero attached hydrogens (tertiary/aromatic N) is 2. The lowest BCUT2D eigenvalue weighted by atomic mass is 10.3. The number of amides is 2. The zero-order valence-electron chi connectivity index (χ0n) is 8.90. The highest BCUT2D eigenvalue weighted by molar-refractivity contribution is 5.95. The SMILES string of the molecule is O=C(NCC(=O)N1CCCC1)c1cn[nH]c1. The van der Waals surface area contributed by atoms with Gasteiger partial charge in [-0.3, -0.25) is 14.7 Å². The minimum Gasteiger partial charge on any atom is -0.343 e. The van der Waals surface area contributed by atoms with Crippen LogP contribution in [0.1, 0.15) is 23.2 Å². The third-order valence-electron chi connectivity index (χ3n) is 2.62. The van der Waals surface area contributed by atoms with Crippen molar-refractivity contribution in [2.24, 2.45) is 0 Å². The second-order valence-electron chi connectivity index (χ2n) is 3.76. The molecule has 0 atom stereocenters. The predicted octanol–water partition coefficient (Wildman–Crippen LogP) is -0.238. The minimum atomic E-state index is -0.277. The third-order valence-corrected chi connectivity index (χ3v) is 2.62. The number of carbonyl (C=O) groups is 2. The molecule has 2 heterocycles. The van der Waals surface area contributed by atoms with Crippen LogP contribution in [0.3, 0.4) is 0 Å². The molecule has 0 radical (unpaired) electrons. The van der Waals surface area contributed by atoms with Crippen LogP contribution in [0.2, 0.25) is 0 Å². The van der Waals surface area contributed by atoms with E-state index in [2.05, 4.69) is 15.5 Å². The second-order valence-corrected chi connectivity index (χ2v) is 3.76. The second kappa shape index (κ2) is 4.78. The van der Waals surface area contributed by atoms with Gasteiger partial charge >= 0.3 is 0 Å². The highest BCUT2D eigenvalue weighted by atomic mass is 16.2. The van der Waals surface area contributed by atoms with Crippen LogP contribution in [0.15, 0.2) is 12.4 Å². The minimum absolute atomic E-state index is 0.0191. The summed E-state index contributed by atoms with van der Waals surface area (Å²) >= 11 is 0. The van der Waals surface area contributed by atoms with Gasteiger partial charge in [-0.25, -0.2) is 0 Å². The molecule has 0 saturated carbocycles. The van der Waals surface area contributed by atoms with Crippen molar-refractivity contribution >= 4 is 11.8 Å². The number of carbonyl (C=O) groups excluding carboxylic acids is 2. The van der Waals surface area contributed by atoms with E-state index in [0.29, 0.717) is 5.56 Å². The molecule has 1 aliphatic rings. The number of H-pyrrole nitrogens is 1. The Balaban J connectivity index is 1.79. The summed E-state index contributed by atoms with van der Waals surface area (Å²) in [4.78, 5) is 24.9. The maximum Gasteiger partial charge on any atom is 0.254 e. The van der Waals surface area contributed by atoms with Gasteiger partial charge in [0.2, 0.25) is 5.91 Å². The van der Waals surface area contributed by atoms with Gasteiger partial charge in [0, 0.05) is 19.3 Å². The van der Waals surface area contributed by atoms with Gasteiger partial charge in [0.15, 0.2) is 0 Å². The van der Waals surface area contributed by atoms with Crippen molar-refractivity contribution in [3.8, 4) is 0 Å². The Hall–Kier alpha value is -1.85. The van der Waals surface area contributed by atoms with Crippen molar-refractivity contribution in [1.29, 1.82) is 0 Å². The first-order valence-corrected chi connectivity index (χ1v) is 5.32. The average Bonchev–Trinajstić information content (AvgIpc) is 2.95. The van der Waals surface area contributed by atoms with E-state index in [-0.39, 0.29) is 18.4 Å². The average molecular weight is 222 g/mol. The predicted molar refractivity (Wildman–Crippen MR) is 56.7 cm³/mol. The standard InChI is InChI=1S/C10H14N4O2/c15-9(14-3-1-2-4-14)7-11-10(16)8-5-12-13-6-8/h5-6H,1-4,7H2,(H,11,16)(H,12,13). The zero-order valence-corrected chi connectivity index (χ0v) is 8.90. The van der Waals surface area contributed by atoms with Crippen molar-refractivity contribution in [1.82, 2.24) is 20.4 Å². The Morgan fingerprint density at radius 1 is 1.44 bits per heavy atom. The van der Waals surface area contributed by atoms with Gasteiger partial charge in [-0.15, -0.1) is 0 Å². The molecule has 1 fully saturated rings. The highest BCUT2D eigenvalue weighted by Crippen LogP contribution is 2.06. The first kappa shape index (κ1) is 10.7. The van der Waals surface area contributed by atoms with Crippen LogP contribution >= 0.6 is 0 Å². The van der Waals surface area contributed by atoms with E-state index in [9.17, 15) is 9.59 Å². The monoisotopic (exact) mass is 222 g/mol. The number of hydrogen-bond donors (Lipinski definition) is 2. The van der Waals surface area contributed by atoms with Crippen LogP contribution in [-0.4, -0.2) is 46.5 Å². The van der Waals surface area contributed by atoms with Gasteiger partial charge in [0.25, 0.3) is 5.91 Å². The number of aromatic amines is 1. The van der Waals surface area contributed by atoms with Crippen LogP contribution in [0, 0.1) is 0 Å². The quantitative estimate of drug-likeness (QED) is 0.741. The van der Waals surface area contributed by atoms with Gasteiger partial charge in [0.05, 0.1) is 18.3 Å². The number of rotatable bonds is 3. The molecule has 0 spiro atoms. The van der Waals surface area contributed by atoms with E-state index in [1.165, 1.54) is 12.4 Å². The Morgan fingerprint density at radius 2 is 2.19 bits per heavy atom. The Morgan fingerprint density at radius 3 is 2.81 bits per heavy atom. The van der Waals surface area contributed by atoms with E-state index in [0.717, 1.165) is 25.9 Å². The summed E-state index contributed by atoms with van der Waals surface area (Å²) in [6.07, 6.45) is 5.04. The lowest BCUT2D eigenvalue weighted by Crippen LogP contribution is -2.38. The maximum atomic E-state index is 11.6. The van der Waals surface area contributed by atoms with Gasteiger partial charge in [-0.2, -0.15) is 5.10 Å². The first-order valence-electron chi connectivity index (χ1n) is 5.32. The van der Waals surface area contributed by atoms with Crippen LogP contribution in [-0.2, 0) is 4.79 Å². The summed E-state index contributed by atoms with van der Waals surface area (Å²) in [5.41, 5.74) is 0.439. The molecule has 6 heteroatoms. The lowest BCUT2D eigenvalue weighted by Gasteiger charge is -2.15. The van der Waals surface area contributed by atoms with Gasteiger partial charge < -0.3 is 10.2 Å². The van der Waals surface area contributed by atoms with Crippen molar-refractivity contribution in [3.63, 3.8) is 0 Å². The smallest absolute Gasteiger partial charge is 0.254 e. The Bertz CT molecular complexity index is 368. The van der Waals surface area contributed by atoms with E-state index in [4.69, 9.17) is 0 Å². The number of nitrogens with one attached hydrogen (secondary N) is 2. The summed E-state index contributed by atoms with van der Waals surface area (Å²) < 4.78 is 0. The molecule has 86 valence electrons. The van der Waals surface area contributed by atoms with Gasteiger partial charge in [-0.05, 0) is 12.8 Å². The lowest BCUT2D eigenvalue weighted by molar-refractivity contribution is -0.129. The molecule has 16 heavy (non-hydrogen) atoms. The number of likely N-dealkylation sites (tertiary alicyclic amines) is 1. The molecule has 0 aliphatic carbocycles. The maximum absolute atomic E-state index is 11.6. The zero-order chi connectivity index (χ0) is 11.4. The summed E-state index contributed by atoms with van der Waals surface area (Å²) in [5.74, 6) is -0.296. The fraction of sp³-hybridized carbons (Fsp3) is 0.500. The Labute approximate surface area is 93.0 Å². The molecular weight excluding hydrogens is 208 g/mol. The third kappa shape index (κ3) is 2.39. The number of aromatic nitrogens is 2. The molecule has 2 rings (SSSR count). The molecule has 2 amide bonds. The molecule has 0 aromatic carbocycles. The fourth-order valence-corrected chi connectivity index (χ4v) is 1.71. The van der Waals surface area contributed by atoms with Crippen LogP contribution in [0.25, 0.3) is 0 Å². The molecule has 2 N–H and O–H groups in total. The first-order chi connectivity index (χ1) is 7.77. The van der Waals surface area contributed by atoms with Crippen LogP contribution in [0.4, 0.5) is 0 Å². The highest BCUT2D eigenvalue weighted by Gasteiger charge is 2.18. The molecular formula is C10H14N4O2. The van der Waals surface area contributed by atoms with E-state index >= 15 is 0 Å². The van der Waals surface area contributed by atoms with Gasteiger partial charge in [0.1, 0.15) is 0 Å². The fourth-order valence-electron chi connectivity index (χ4n) is 1.71. The largest absolute Gasteiger partial charge is 0.343 e. The van der Waals surface area contributed by atoms with Gasteiger partial charge in [-0.1, -0.05) is 0 Å². The van der Waals surface area contributed by atoms with Crippen molar-refractivity contribution in [2.75, 3.05) is 19.6 Å². The molecule has 1 aliphatic heterocycles. The van der Waals surface area contributed by atoms with Crippen molar-refractivity contribution < 1.29 is 9.59 Å². The summed E-state index contributed by atoms with van der Waals surface area (Å²) in [6.45, 7) is 1.67. The van der Waals surface area contributed by atoms with Crippen molar-refractivity contribution in [2.45, 2.75) is 12.8 Å². The molecule has 1 saturated heterocycles. The van der Waals surface area contributed by atoms with E-state index < -0.39 is 0 Å². The summed E-state index contributed by atoms with van der Waals surface area (Å²) in [7, 11) is 0. The van der Waals surface area contributed by atoms with E-state index in [1.807, 2.05) is 0 Å². The Kier molecular flexibility index (Phi) is 3.19. The molecule has 1 aromatic rings. The molecule has 6 nitrogen and oxygen atoms in total. The van der Waals surface area contributed by atoms with Crippen molar-refractivity contribution in [3.05, 3.63) is 18.0 Å². The molecule has 0 unspecified atom stereocenters. The molecule has 0 bridgehead atoms. The molecule has 1 aromatic heterocycles. The van der Waals surface area contributed by atoms with Crippen LogP contribution < -0.4 is 5.32 Å². The van der Waals surface area contributed by atoms with E-state index in [1.54, 1.807) is 4.90 Å².